The molecule has 0 radical (unpaired) electrons. The van der Waals surface area contributed by atoms with E-state index in [1.165, 1.54) is 0 Å². The van der Waals surface area contributed by atoms with Crippen molar-refractivity contribution in [1.82, 2.24) is 4.57 Å². The van der Waals surface area contributed by atoms with E-state index in [4.69, 9.17) is 16.3 Å². The Morgan fingerprint density at radius 1 is 0.971 bits per heavy atom. The smallest absolute Gasteiger partial charge is 0.262 e. The maximum Gasteiger partial charge on any atom is 0.262 e. The number of anilines is 1. The number of nitrogens with zero attached hydrogens (tertiary/aromatic N) is 2. The largest absolute Gasteiger partial charge is 0.496 e. The Balaban J connectivity index is 1.62. The summed E-state index contributed by atoms with van der Waals surface area (Å²) in [6.07, 6.45) is 0.844. The number of carbonyl (C=O) groups is 2. The number of carbonyl (C=O) groups excluding carboxylic acids is 2. The van der Waals surface area contributed by atoms with Crippen LogP contribution in [-0.4, -0.2) is 23.9 Å². The van der Waals surface area contributed by atoms with Gasteiger partial charge in [0.05, 0.1) is 31.5 Å². The summed E-state index contributed by atoms with van der Waals surface area (Å²) in [7, 11) is 1.56. The van der Waals surface area contributed by atoms with Crippen LogP contribution in [0.4, 0.5) is 5.69 Å². The van der Waals surface area contributed by atoms with Crippen molar-refractivity contribution in [3.8, 4) is 16.9 Å². The number of aldehydes is 1. The summed E-state index contributed by atoms with van der Waals surface area (Å²) in [6.45, 7) is 2.86. The molecule has 5 rings (SSSR count). The number of fused-ring (bicyclic) bond motifs is 2. The second-order valence-corrected chi connectivity index (χ2v) is 8.73. The first-order chi connectivity index (χ1) is 16.5. The molecular weight excluding hydrogens is 448 g/mol. The number of amides is 1. The monoisotopic (exact) mass is 470 g/mol. The highest BCUT2D eigenvalue weighted by molar-refractivity contribution is 6.34. The van der Waals surface area contributed by atoms with Crippen LogP contribution in [0, 0.1) is 6.92 Å². The predicted molar refractivity (Wildman–Crippen MR) is 134 cm³/mol. The fourth-order valence-corrected chi connectivity index (χ4v) is 4.85. The van der Waals surface area contributed by atoms with Crippen molar-refractivity contribution in [2.24, 2.45) is 0 Å². The Morgan fingerprint density at radius 3 is 2.50 bits per heavy atom. The third kappa shape index (κ3) is 3.68. The Labute approximate surface area is 203 Å². The summed E-state index contributed by atoms with van der Waals surface area (Å²) < 4.78 is 7.62. The van der Waals surface area contributed by atoms with Crippen LogP contribution in [0.25, 0.3) is 11.1 Å². The molecule has 0 unspecified atom stereocenters. The molecule has 2 heterocycles. The van der Waals surface area contributed by atoms with Crippen molar-refractivity contribution in [3.63, 3.8) is 0 Å². The Bertz CT molecular complexity index is 1420. The molecule has 0 saturated carbocycles. The van der Waals surface area contributed by atoms with Gasteiger partial charge in [-0.2, -0.15) is 0 Å². The Kier molecular flexibility index (Phi) is 5.72. The Morgan fingerprint density at radius 2 is 1.74 bits per heavy atom. The van der Waals surface area contributed by atoms with Gasteiger partial charge in [-0.05, 0) is 53.9 Å². The molecule has 0 N–H and O–H groups in total. The summed E-state index contributed by atoms with van der Waals surface area (Å²) >= 11 is 6.71. The zero-order valence-electron chi connectivity index (χ0n) is 18.9. The van der Waals surface area contributed by atoms with E-state index in [2.05, 4.69) is 0 Å². The number of para-hydroxylation sites is 1. The molecule has 0 bridgehead atoms. The first kappa shape index (κ1) is 22.0. The van der Waals surface area contributed by atoms with E-state index in [-0.39, 0.29) is 5.91 Å². The van der Waals surface area contributed by atoms with Crippen molar-refractivity contribution in [2.45, 2.75) is 20.0 Å². The normalized spacial score (nSPS) is 12.5. The third-order valence-corrected chi connectivity index (χ3v) is 6.67. The van der Waals surface area contributed by atoms with Crippen LogP contribution in [0.5, 0.6) is 5.75 Å². The second-order valence-electron chi connectivity index (χ2n) is 8.32. The zero-order valence-corrected chi connectivity index (χ0v) is 19.7. The van der Waals surface area contributed by atoms with Gasteiger partial charge in [0.25, 0.3) is 5.91 Å². The number of aromatic nitrogens is 1. The average Bonchev–Trinajstić information content (AvgIpc) is 3.15. The maximum atomic E-state index is 14.0. The van der Waals surface area contributed by atoms with Gasteiger partial charge in [0.15, 0.2) is 6.29 Å². The van der Waals surface area contributed by atoms with Gasteiger partial charge in [-0.15, -0.1) is 0 Å². The molecular formula is C28H23ClN2O3. The van der Waals surface area contributed by atoms with E-state index in [1.807, 2.05) is 72.2 Å². The second kappa shape index (κ2) is 8.84. The predicted octanol–water partition coefficient (Wildman–Crippen LogP) is 6.15. The highest BCUT2D eigenvalue weighted by atomic mass is 35.5. The zero-order chi connectivity index (χ0) is 23.8. The van der Waals surface area contributed by atoms with E-state index in [9.17, 15) is 9.59 Å². The molecule has 1 amide bonds. The molecule has 0 saturated heterocycles. The number of rotatable bonds is 4. The summed E-state index contributed by atoms with van der Waals surface area (Å²) in [5, 5.41) is 0.480. The van der Waals surface area contributed by atoms with Gasteiger partial charge in [0.1, 0.15) is 5.75 Å². The molecule has 6 heteroatoms. The molecule has 34 heavy (non-hydrogen) atoms. The molecule has 4 aromatic rings. The number of halogens is 1. The van der Waals surface area contributed by atoms with E-state index >= 15 is 0 Å². The van der Waals surface area contributed by atoms with E-state index in [1.54, 1.807) is 24.1 Å². The first-order valence-electron chi connectivity index (χ1n) is 11.0. The van der Waals surface area contributed by atoms with Gasteiger partial charge < -0.3 is 14.2 Å². The van der Waals surface area contributed by atoms with Crippen LogP contribution in [0.1, 0.15) is 37.7 Å². The minimum absolute atomic E-state index is 0.218. The number of hydrogen-bond acceptors (Lipinski definition) is 3. The van der Waals surface area contributed by atoms with Gasteiger partial charge in [-0.1, -0.05) is 54.1 Å². The lowest BCUT2D eigenvalue weighted by molar-refractivity contribution is 0.0981. The minimum atomic E-state index is -0.218. The summed E-state index contributed by atoms with van der Waals surface area (Å²) in [5.74, 6) is 0.239. The van der Waals surface area contributed by atoms with Gasteiger partial charge in [0.2, 0.25) is 0 Å². The number of hydrogen-bond donors (Lipinski definition) is 0. The van der Waals surface area contributed by atoms with Crippen molar-refractivity contribution in [2.75, 3.05) is 12.0 Å². The van der Waals surface area contributed by atoms with Crippen molar-refractivity contribution < 1.29 is 14.3 Å². The molecule has 1 aromatic heterocycles. The van der Waals surface area contributed by atoms with Crippen LogP contribution in [0.3, 0.4) is 0 Å². The quantitative estimate of drug-likeness (QED) is 0.336. The van der Waals surface area contributed by atoms with E-state index in [0.29, 0.717) is 35.1 Å². The standard InChI is InChI=1S/C28H23ClN2O3/c1-18-7-3-5-9-22(18)23-14-27(34-2)24(13-25(23)29)28(33)31-16-20-11-12-21(17-32)30(20)15-19-8-4-6-10-26(19)31/h3-14,17H,15-16H2,1-2H3. The van der Waals surface area contributed by atoms with Crippen molar-refractivity contribution >= 4 is 29.5 Å². The van der Waals surface area contributed by atoms with Crippen LogP contribution in [-0.2, 0) is 13.1 Å². The van der Waals surface area contributed by atoms with Crippen LogP contribution < -0.4 is 9.64 Å². The minimum Gasteiger partial charge on any atom is -0.496 e. The molecule has 0 spiro atoms. The van der Waals surface area contributed by atoms with Gasteiger partial charge in [-0.3, -0.25) is 9.59 Å². The SMILES string of the molecule is COc1cc(-c2ccccc2C)c(Cl)cc1C(=O)N1Cc2ccc(C=O)n2Cc2ccccc21. The molecule has 3 aromatic carbocycles. The maximum absolute atomic E-state index is 14.0. The lowest BCUT2D eigenvalue weighted by Gasteiger charge is -2.24. The van der Waals surface area contributed by atoms with Crippen molar-refractivity contribution in [3.05, 3.63) is 106 Å². The molecule has 0 fully saturated rings. The van der Waals surface area contributed by atoms with Crippen LogP contribution in [0.15, 0.2) is 72.8 Å². The molecule has 5 nitrogen and oxygen atoms in total. The van der Waals surface area contributed by atoms with Crippen LogP contribution in [0.2, 0.25) is 5.02 Å². The number of aryl methyl sites for hydroxylation is 1. The van der Waals surface area contributed by atoms with E-state index < -0.39 is 0 Å². The van der Waals surface area contributed by atoms with Gasteiger partial charge >= 0.3 is 0 Å². The summed E-state index contributed by atoms with van der Waals surface area (Å²) in [5.41, 5.74) is 6.49. The first-order valence-corrected chi connectivity index (χ1v) is 11.4. The molecule has 0 atom stereocenters. The molecule has 1 aliphatic heterocycles. The Hall–Kier alpha value is -3.83. The topological polar surface area (TPSA) is 51.5 Å². The number of ether oxygens (including phenoxy) is 1. The summed E-state index contributed by atoms with van der Waals surface area (Å²) in [4.78, 5) is 27.2. The highest BCUT2D eigenvalue weighted by Gasteiger charge is 2.28. The number of benzene rings is 3. The number of methoxy groups -OCH3 is 1. The fraction of sp³-hybridized carbons (Fsp3) is 0.143. The lowest BCUT2D eigenvalue weighted by atomic mass is 9.98. The third-order valence-electron chi connectivity index (χ3n) is 6.36. The van der Waals surface area contributed by atoms with Gasteiger partial charge in [-0.25, -0.2) is 0 Å². The van der Waals surface area contributed by atoms with Crippen LogP contribution >= 0.6 is 11.6 Å². The molecule has 1 aliphatic rings. The molecule has 0 aliphatic carbocycles. The average molecular weight is 471 g/mol. The summed E-state index contributed by atoms with van der Waals surface area (Å²) in [6, 6.07) is 22.9. The van der Waals surface area contributed by atoms with Crippen molar-refractivity contribution in [1.29, 1.82) is 0 Å². The lowest BCUT2D eigenvalue weighted by Crippen LogP contribution is -2.31. The van der Waals surface area contributed by atoms with Gasteiger partial charge in [0, 0.05) is 22.0 Å². The highest BCUT2D eigenvalue weighted by Crippen LogP contribution is 2.38. The molecule has 170 valence electrons. The van der Waals surface area contributed by atoms with E-state index in [0.717, 1.165) is 39.9 Å². The fourth-order valence-electron chi connectivity index (χ4n) is 4.58.